The van der Waals surface area contributed by atoms with Crippen molar-refractivity contribution in [3.05, 3.63) is 28.8 Å². The second-order valence-electron chi connectivity index (χ2n) is 4.05. The molecule has 0 saturated carbocycles. The van der Waals surface area contributed by atoms with Crippen molar-refractivity contribution in [2.24, 2.45) is 0 Å². The van der Waals surface area contributed by atoms with Gasteiger partial charge in [-0.1, -0.05) is 17.7 Å². The van der Waals surface area contributed by atoms with Gasteiger partial charge in [-0.05, 0) is 24.6 Å². The normalized spacial score (nSPS) is 23.3. The van der Waals surface area contributed by atoms with Gasteiger partial charge in [0.15, 0.2) is 0 Å². The van der Waals surface area contributed by atoms with Gasteiger partial charge in [0, 0.05) is 11.4 Å². The molecule has 1 aliphatic rings. The molecule has 15 heavy (non-hydrogen) atoms. The summed E-state index contributed by atoms with van der Waals surface area (Å²) in [5.41, 5.74) is 0.377. The lowest BCUT2D eigenvalue weighted by molar-refractivity contribution is -0.140. The number of halogens is 1. The molecule has 1 atom stereocenters. The van der Waals surface area contributed by atoms with Gasteiger partial charge in [-0.2, -0.15) is 0 Å². The van der Waals surface area contributed by atoms with Crippen LogP contribution in [-0.2, 0) is 11.2 Å². The zero-order chi connectivity index (χ0) is 11.1. The van der Waals surface area contributed by atoms with E-state index in [1.807, 2.05) is 6.07 Å². The fourth-order valence-corrected chi connectivity index (χ4v) is 2.05. The first-order valence-electron chi connectivity index (χ1n) is 4.68. The van der Waals surface area contributed by atoms with Crippen LogP contribution in [-0.4, -0.2) is 16.7 Å². The molecular weight excluding hydrogens is 216 g/mol. The van der Waals surface area contributed by atoms with Gasteiger partial charge in [0.1, 0.15) is 11.4 Å². The Bertz CT molecular complexity index is 416. The van der Waals surface area contributed by atoms with Gasteiger partial charge in [-0.3, -0.25) is 4.79 Å². The molecule has 3 nitrogen and oxygen atoms in total. The second-order valence-corrected chi connectivity index (χ2v) is 4.49. The monoisotopic (exact) mass is 226 g/mol. The molecule has 4 heteroatoms. The molecule has 1 heterocycles. The van der Waals surface area contributed by atoms with Crippen LogP contribution in [0.25, 0.3) is 0 Å². The first-order valence-corrected chi connectivity index (χ1v) is 5.06. The maximum atomic E-state index is 10.7. The molecule has 0 radical (unpaired) electrons. The number of hydrogen-bond acceptors (Lipinski definition) is 2. The van der Waals surface area contributed by atoms with Gasteiger partial charge in [0.2, 0.25) is 0 Å². The molecule has 1 aliphatic heterocycles. The summed E-state index contributed by atoms with van der Waals surface area (Å²) in [5.74, 6) is -0.150. The first-order chi connectivity index (χ1) is 6.98. The van der Waals surface area contributed by atoms with Gasteiger partial charge in [-0.15, -0.1) is 0 Å². The van der Waals surface area contributed by atoms with Gasteiger partial charge in [0.05, 0.1) is 6.42 Å². The third-order valence-corrected chi connectivity index (χ3v) is 2.71. The van der Waals surface area contributed by atoms with E-state index in [9.17, 15) is 4.79 Å². The first kappa shape index (κ1) is 10.3. The molecule has 0 bridgehead atoms. The lowest BCUT2D eigenvalue weighted by Crippen LogP contribution is -2.33. The fraction of sp³-hybridized carbons (Fsp3) is 0.364. The Kier molecular flexibility index (Phi) is 2.35. The highest BCUT2D eigenvalue weighted by molar-refractivity contribution is 6.30. The molecule has 2 rings (SSSR count). The van der Waals surface area contributed by atoms with Crippen LogP contribution >= 0.6 is 11.6 Å². The van der Waals surface area contributed by atoms with E-state index in [0.29, 0.717) is 17.2 Å². The SMILES string of the molecule is CC1(CC(=O)O)Cc2ccc(Cl)cc2O1. The fourth-order valence-electron chi connectivity index (χ4n) is 1.89. The van der Waals surface area contributed by atoms with Crippen molar-refractivity contribution in [2.45, 2.75) is 25.4 Å². The van der Waals surface area contributed by atoms with Crippen LogP contribution < -0.4 is 4.74 Å². The molecule has 0 fully saturated rings. The van der Waals surface area contributed by atoms with Crippen LogP contribution in [0.3, 0.4) is 0 Å². The number of carbonyl (C=O) groups is 1. The highest BCUT2D eigenvalue weighted by Crippen LogP contribution is 2.38. The lowest BCUT2D eigenvalue weighted by atomic mass is 9.96. The summed E-state index contributed by atoms with van der Waals surface area (Å²) in [6.07, 6.45) is 0.616. The summed E-state index contributed by atoms with van der Waals surface area (Å²) in [5, 5.41) is 9.37. The molecule has 0 aromatic heterocycles. The molecular formula is C11H11ClO3. The van der Waals surface area contributed by atoms with E-state index in [1.54, 1.807) is 19.1 Å². The van der Waals surface area contributed by atoms with E-state index < -0.39 is 11.6 Å². The van der Waals surface area contributed by atoms with Gasteiger partial charge in [0.25, 0.3) is 0 Å². The van der Waals surface area contributed by atoms with E-state index in [-0.39, 0.29) is 6.42 Å². The van der Waals surface area contributed by atoms with Gasteiger partial charge >= 0.3 is 5.97 Å². The molecule has 1 N–H and O–H groups in total. The minimum Gasteiger partial charge on any atom is -0.486 e. The average Bonchev–Trinajstić information content (AvgIpc) is 2.38. The van der Waals surface area contributed by atoms with Gasteiger partial charge < -0.3 is 9.84 Å². The molecule has 1 aromatic rings. The smallest absolute Gasteiger partial charge is 0.307 e. The van der Waals surface area contributed by atoms with Crippen LogP contribution in [0.5, 0.6) is 5.75 Å². The Morgan fingerprint density at radius 1 is 1.67 bits per heavy atom. The minimum atomic E-state index is -0.851. The number of carboxylic acid groups (broad SMARTS) is 1. The molecule has 0 aliphatic carbocycles. The Morgan fingerprint density at radius 2 is 2.40 bits per heavy atom. The van der Waals surface area contributed by atoms with Crippen LogP contribution in [0, 0.1) is 0 Å². The number of benzene rings is 1. The van der Waals surface area contributed by atoms with E-state index >= 15 is 0 Å². The van der Waals surface area contributed by atoms with Crippen molar-refractivity contribution < 1.29 is 14.6 Å². The molecule has 0 spiro atoms. The maximum absolute atomic E-state index is 10.7. The third kappa shape index (κ3) is 2.07. The van der Waals surface area contributed by atoms with Crippen molar-refractivity contribution in [3.8, 4) is 5.75 Å². The number of rotatable bonds is 2. The van der Waals surface area contributed by atoms with E-state index in [1.165, 1.54) is 0 Å². The summed E-state index contributed by atoms with van der Waals surface area (Å²) in [6, 6.07) is 5.39. The molecule has 80 valence electrons. The summed E-state index contributed by atoms with van der Waals surface area (Å²) in [4.78, 5) is 10.7. The number of hydrogen-bond donors (Lipinski definition) is 1. The number of fused-ring (bicyclic) bond motifs is 1. The zero-order valence-electron chi connectivity index (χ0n) is 8.29. The molecule has 0 saturated heterocycles. The highest BCUT2D eigenvalue weighted by atomic mass is 35.5. The largest absolute Gasteiger partial charge is 0.486 e. The lowest BCUT2D eigenvalue weighted by Gasteiger charge is -2.21. The summed E-state index contributed by atoms with van der Waals surface area (Å²) in [7, 11) is 0. The number of aliphatic carboxylic acids is 1. The van der Waals surface area contributed by atoms with E-state index in [4.69, 9.17) is 21.4 Å². The minimum absolute atomic E-state index is 0.000695. The third-order valence-electron chi connectivity index (χ3n) is 2.48. The van der Waals surface area contributed by atoms with Crippen molar-refractivity contribution in [3.63, 3.8) is 0 Å². The van der Waals surface area contributed by atoms with Crippen LogP contribution in [0.2, 0.25) is 5.02 Å². The van der Waals surface area contributed by atoms with Crippen LogP contribution in [0.1, 0.15) is 18.9 Å². The predicted octanol–water partition coefficient (Wildman–Crippen LogP) is 2.51. The molecule has 0 amide bonds. The van der Waals surface area contributed by atoms with Gasteiger partial charge in [-0.25, -0.2) is 0 Å². The molecule has 1 aromatic carbocycles. The summed E-state index contributed by atoms with van der Waals surface area (Å²) in [6.45, 7) is 1.80. The van der Waals surface area contributed by atoms with E-state index in [0.717, 1.165) is 5.56 Å². The van der Waals surface area contributed by atoms with Crippen molar-refractivity contribution in [1.82, 2.24) is 0 Å². The average molecular weight is 227 g/mol. The number of ether oxygens (including phenoxy) is 1. The highest BCUT2D eigenvalue weighted by Gasteiger charge is 2.36. The number of carboxylic acids is 1. The summed E-state index contributed by atoms with van der Waals surface area (Å²) >= 11 is 5.83. The Hall–Kier alpha value is -1.22. The Morgan fingerprint density at radius 3 is 3.07 bits per heavy atom. The maximum Gasteiger partial charge on any atom is 0.307 e. The molecule has 1 unspecified atom stereocenters. The quantitative estimate of drug-likeness (QED) is 0.843. The topological polar surface area (TPSA) is 46.5 Å². The Labute approximate surface area is 92.6 Å². The zero-order valence-corrected chi connectivity index (χ0v) is 9.04. The van der Waals surface area contributed by atoms with Crippen molar-refractivity contribution >= 4 is 17.6 Å². The van der Waals surface area contributed by atoms with E-state index in [2.05, 4.69) is 0 Å². The van der Waals surface area contributed by atoms with Crippen molar-refractivity contribution in [2.75, 3.05) is 0 Å². The standard InChI is InChI=1S/C11H11ClO3/c1-11(6-10(13)14)5-7-2-3-8(12)4-9(7)15-11/h2-4H,5-6H2,1H3,(H,13,14). The second kappa shape index (κ2) is 3.42. The van der Waals surface area contributed by atoms with Crippen LogP contribution in [0.4, 0.5) is 0 Å². The Balaban J connectivity index is 2.24. The summed E-state index contributed by atoms with van der Waals surface area (Å²) < 4.78 is 5.62. The predicted molar refractivity (Wildman–Crippen MR) is 56.4 cm³/mol. The van der Waals surface area contributed by atoms with Crippen LogP contribution in [0.15, 0.2) is 18.2 Å². The van der Waals surface area contributed by atoms with Crippen molar-refractivity contribution in [1.29, 1.82) is 0 Å².